The standard InChI is InChI=1S/C13H13ClN2O3S/c1-16(9-10-4-2-3-5-12(10)14)20(18,19)11-6-7-13(17)15-8-11/h2-8H,9H2,1H3,(H,15,17). The van der Waals surface area contributed by atoms with Gasteiger partial charge in [0.05, 0.1) is 4.90 Å². The van der Waals surface area contributed by atoms with Crippen molar-refractivity contribution in [2.75, 3.05) is 7.05 Å². The number of rotatable bonds is 4. The summed E-state index contributed by atoms with van der Waals surface area (Å²) in [5, 5.41) is 0.510. The van der Waals surface area contributed by atoms with Crippen LogP contribution in [0.5, 0.6) is 0 Å². The van der Waals surface area contributed by atoms with Gasteiger partial charge >= 0.3 is 0 Å². The summed E-state index contributed by atoms with van der Waals surface area (Å²) in [5.74, 6) is 0. The second-order valence-electron chi connectivity index (χ2n) is 4.24. The average Bonchev–Trinajstić information content (AvgIpc) is 2.41. The van der Waals surface area contributed by atoms with Crippen LogP contribution in [0.25, 0.3) is 0 Å². The molecular weight excluding hydrogens is 300 g/mol. The molecule has 0 atom stereocenters. The van der Waals surface area contributed by atoms with Gasteiger partial charge in [-0.15, -0.1) is 0 Å². The van der Waals surface area contributed by atoms with Gasteiger partial charge in [0.1, 0.15) is 0 Å². The number of hydrogen-bond donors (Lipinski definition) is 1. The van der Waals surface area contributed by atoms with Crippen LogP contribution in [0.2, 0.25) is 5.02 Å². The molecule has 106 valence electrons. The summed E-state index contributed by atoms with van der Waals surface area (Å²) in [5.41, 5.74) is 0.363. The Kier molecular flexibility index (Phi) is 4.27. The first-order chi connectivity index (χ1) is 9.41. The van der Waals surface area contributed by atoms with Gasteiger partial charge in [-0.3, -0.25) is 4.79 Å². The lowest BCUT2D eigenvalue weighted by atomic mass is 10.2. The number of hydrogen-bond acceptors (Lipinski definition) is 3. The Morgan fingerprint density at radius 2 is 1.90 bits per heavy atom. The molecule has 0 amide bonds. The number of aromatic amines is 1. The molecule has 7 heteroatoms. The normalized spacial score (nSPS) is 11.8. The molecule has 0 saturated heterocycles. The van der Waals surface area contributed by atoms with Gasteiger partial charge in [0, 0.05) is 30.9 Å². The molecule has 0 unspecified atom stereocenters. The highest BCUT2D eigenvalue weighted by atomic mass is 35.5. The Labute approximate surface area is 121 Å². The topological polar surface area (TPSA) is 70.2 Å². The molecule has 0 radical (unpaired) electrons. The van der Waals surface area contributed by atoms with Crippen molar-refractivity contribution in [3.63, 3.8) is 0 Å². The van der Waals surface area contributed by atoms with E-state index in [-0.39, 0.29) is 17.0 Å². The van der Waals surface area contributed by atoms with Crippen LogP contribution in [-0.2, 0) is 16.6 Å². The van der Waals surface area contributed by atoms with E-state index in [9.17, 15) is 13.2 Å². The summed E-state index contributed by atoms with van der Waals surface area (Å²) in [6, 6.07) is 9.50. The van der Waals surface area contributed by atoms with Crippen molar-refractivity contribution in [1.29, 1.82) is 0 Å². The van der Waals surface area contributed by atoms with Crippen LogP contribution in [0.1, 0.15) is 5.56 Å². The Morgan fingerprint density at radius 3 is 2.50 bits per heavy atom. The maximum atomic E-state index is 12.3. The number of benzene rings is 1. The van der Waals surface area contributed by atoms with Gasteiger partial charge in [0.15, 0.2) is 0 Å². The monoisotopic (exact) mass is 312 g/mol. The van der Waals surface area contributed by atoms with Crippen molar-refractivity contribution in [1.82, 2.24) is 9.29 Å². The van der Waals surface area contributed by atoms with Crippen LogP contribution in [0.3, 0.4) is 0 Å². The minimum Gasteiger partial charge on any atom is -0.328 e. The van der Waals surface area contributed by atoms with E-state index in [1.807, 2.05) is 0 Å². The van der Waals surface area contributed by atoms with Crippen molar-refractivity contribution in [2.45, 2.75) is 11.4 Å². The molecule has 1 heterocycles. The van der Waals surface area contributed by atoms with Crippen LogP contribution in [0.4, 0.5) is 0 Å². The first kappa shape index (κ1) is 14.8. The smallest absolute Gasteiger partial charge is 0.247 e. The quantitative estimate of drug-likeness (QED) is 0.936. The molecule has 0 aliphatic carbocycles. The van der Waals surface area contributed by atoms with E-state index in [2.05, 4.69) is 4.98 Å². The average molecular weight is 313 g/mol. The van der Waals surface area contributed by atoms with Crippen LogP contribution < -0.4 is 5.56 Å². The first-order valence-electron chi connectivity index (χ1n) is 5.80. The number of pyridine rings is 1. The summed E-state index contributed by atoms with van der Waals surface area (Å²) in [6.07, 6.45) is 1.18. The number of halogens is 1. The predicted octanol–water partition coefficient (Wildman–Crippen LogP) is 1.85. The number of H-pyrrole nitrogens is 1. The Hall–Kier alpha value is -1.63. The van der Waals surface area contributed by atoms with Gasteiger partial charge in [0.2, 0.25) is 15.6 Å². The Morgan fingerprint density at radius 1 is 1.20 bits per heavy atom. The van der Waals surface area contributed by atoms with Crippen molar-refractivity contribution in [3.8, 4) is 0 Å². The molecule has 0 bridgehead atoms. The zero-order valence-electron chi connectivity index (χ0n) is 10.7. The maximum absolute atomic E-state index is 12.3. The zero-order valence-corrected chi connectivity index (χ0v) is 12.3. The third-order valence-corrected chi connectivity index (χ3v) is 4.98. The minimum atomic E-state index is -3.67. The third kappa shape index (κ3) is 3.09. The molecule has 0 fully saturated rings. The number of sulfonamides is 1. The molecule has 5 nitrogen and oxygen atoms in total. The van der Waals surface area contributed by atoms with Crippen molar-refractivity contribution < 1.29 is 8.42 Å². The van der Waals surface area contributed by atoms with Gasteiger partial charge < -0.3 is 4.98 Å². The van der Waals surface area contributed by atoms with Crippen LogP contribution in [0.15, 0.2) is 52.3 Å². The fourth-order valence-corrected chi connectivity index (χ4v) is 3.00. The SMILES string of the molecule is CN(Cc1ccccc1Cl)S(=O)(=O)c1ccc(=O)[nH]c1. The predicted molar refractivity (Wildman–Crippen MR) is 77.2 cm³/mol. The molecule has 2 rings (SSSR count). The molecule has 0 saturated carbocycles. The highest BCUT2D eigenvalue weighted by Gasteiger charge is 2.21. The fourth-order valence-electron chi connectivity index (χ4n) is 1.69. The highest BCUT2D eigenvalue weighted by Crippen LogP contribution is 2.20. The molecule has 0 aliphatic heterocycles. The van der Waals surface area contributed by atoms with E-state index in [0.29, 0.717) is 10.6 Å². The molecule has 1 N–H and O–H groups in total. The summed E-state index contributed by atoms with van der Waals surface area (Å²) >= 11 is 6.02. The molecule has 0 spiro atoms. The second-order valence-corrected chi connectivity index (χ2v) is 6.69. The Bertz CT molecular complexity index is 751. The highest BCUT2D eigenvalue weighted by molar-refractivity contribution is 7.89. The number of nitrogens with zero attached hydrogens (tertiary/aromatic N) is 1. The second kappa shape index (κ2) is 5.78. The molecule has 1 aromatic carbocycles. The van der Waals surface area contributed by atoms with E-state index in [1.54, 1.807) is 24.3 Å². The minimum absolute atomic E-state index is 0.0339. The van der Waals surface area contributed by atoms with Crippen molar-refractivity contribution in [3.05, 3.63) is 63.5 Å². The molecule has 0 aliphatic rings. The molecular formula is C13H13ClN2O3S. The Balaban J connectivity index is 2.28. The van der Waals surface area contributed by atoms with Gasteiger partial charge in [-0.25, -0.2) is 8.42 Å². The fraction of sp³-hybridized carbons (Fsp3) is 0.154. The van der Waals surface area contributed by atoms with E-state index < -0.39 is 10.0 Å². The number of nitrogens with one attached hydrogen (secondary N) is 1. The van der Waals surface area contributed by atoms with Crippen molar-refractivity contribution >= 4 is 21.6 Å². The molecule has 2 aromatic rings. The lowest BCUT2D eigenvalue weighted by Crippen LogP contribution is -2.27. The summed E-state index contributed by atoms with van der Waals surface area (Å²) in [7, 11) is -2.20. The summed E-state index contributed by atoms with van der Waals surface area (Å²) < 4.78 is 25.8. The van der Waals surface area contributed by atoms with Gasteiger partial charge in [-0.2, -0.15) is 4.31 Å². The van der Waals surface area contributed by atoms with Gasteiger partial charge in [0.25, 0.3) is 0 Å². The maximum Gasteiger partial charge on any atom is 0.247 e. The van der Waals surface area contributed by atoms with E-state index >= 15 is 0 Å². The van der Waals surface area contributed by atoms with Crippen molar-refractivity contribution in [2.24, 2.45) is 0 Å². The van der Waals surface area contributed by atoms with Gasteiger partial charge in [-0.05, 0) is 17.7 Å². The lowest BCUT2D eigenvalue weighted by Gasteiger charge is -2.17. The zero-order chi connectivity index (χ0) is 14.8. The van der Waals surface area contributed by atoms with E-state index in [0.717, 1.165) is 0 Å². The number of aromatic nitrogens is 1. The van der Waals surface area contributed by atoms with Gasteiger partial charge in [-0.1, -0.05) is 29.8 Å². The first-order valence-corrected chi connectivity index (χ1v) is 7.61. The van der Waals surface area contributed by atoms with Crippen LogP contribution in [0, 0.1) is 0 Å². The summed E-state index contributed by atoms with van der Waals surface area (Å²) in [4.78, 5) is 13.4. The molecule has 20 heavy (non-hydrogen) atoms. The van der Waals surface area contributed by atoms with E-state index in [1.165, 1.54) is 29.7 Å². The third-order valence-electron chi connectivity index (χ3n) is 2.81. The lowest BCUT2D eigenvalue weighted by molar-refractivity contribution is 0.466. The largest absolute Gasteiger partial charge is 0.328 e. The van der Waals surface area contributed by atoms with Crippen LogP contribution in [-0.4, -0.2) is 24.8 Å². The van der Waals surface area contributed by atoms with E-state index in [4.69, 9.17) is 11.6 Å². The van der Waals surface area contributed by atoms with Crippen LogP contribution >= 0.6 is 11.6 Å². The molecule has 1 aromatic heterocycles. The summed E-state index contributed by atoms with van der Waals surface area (Å²) in [6.45, 7) is 0.154.